The molecule has 0 saturated carbocycles. The Morgan fingerprint density at radius 3 is 2.56 bits per heavy atom. The molecule has 0 unspecified atom stereocenters. The molecular weight excluding hydrogens is 206 g/mol. The van der Waals surface area contributed by atoms with Gasteiger partial charge in [0.1, 0.15) is 5.60 Å². The Kier molecular flexibility index (Phi) is 4.19. The number of hydrogen-bond donors (Lipinski definition) is 1. The van der Waals surface area contributed by atoms with Crippen LogP contribution < -0.4 is 0 Å². The maximum absolute atomic E-state index is 11.9. The van der Waals surface area contributed by atoms with E-state index in [4.69, 9.17) is 9.84 Å². The van der Waals surface area contributed by atoms with Crippen molar-refractivity contribution in [2.75, 3.05) is 13.2 Å². The Morgan fingerprint density at radius 2 is 2.12 bits per heavy atom. The average Bonchev–Trinajstić information content (AvgIpc) is 2.14. The standard InChI is InChI=1S/C12H23NO3/c1-9-7-10(8-14)5-6-13(9)11(15)16-12(2,3)4/h9-10,14H,5-8H2,1-4H3/t9-,10+/m1/s1. The summed E-state index contributed by atoms with van der Waals surface area (Å²) in [6.07, 6.45) is 1.48. The monoisotopic (exact) mass is 229 g/mol. The predicted octanol–water partition coefficient (Wildman–Crippen LogP) is 2.01. The van der Waals surface area contributed by atoms with Gasteiger partial charge in [-0.25, -0.2) is 4.79 Å². The van der Waals surface area contributed by atoms with E-state index in [9.17, 15) is 4.79 Å². The molecule has 0 radical (unpaired) electrons. The third kappa shape index (κ3) is 3.67. The van der Waals surface area contributed by atoms with Gasteiger partial charge in [0.15, 0.2) is 0 Å². The van der Waals surface area contributed by atoms with Crippen LogP contribution in [-0.2, 0) is 4.74 Å². The lowest BCUT2D eigenvalue weighted by Gasteiger charge is -2.37. The quantitative estimate of drug-likeness (QED) is 0.748. The summed E-state index contributed by atoms with van der Waals surface area (Å²) >= 11 is 0. The maximum Gasteiger partial charge on any atom is 0.410 e. The lowest BCUT2D eigenvalue weighted by atomic mass is 9.93. The number of amides is 1. The molecular formula is C12H23NO3. The molecule has 4 nitrogen and oxygen atoms in total. The average molecular weight is 229 g/mol. The van der Waals surface area contributed by atoms with Gasteiger partial charge in [0.05, 0.1) is 0 Å². The van der Waals surface area contributed by atoms with E-state index in [0.29, 0.717) is 12.5 Å². The van der Waals surface area contributed by atoms with E-state index in [1.807, 2.05) is 27.7 Å². The second-order valence-corrected chi connectivity index (χ2v) is 5.60. The van der Waals surface area contributed by atoms with Crippen molar-refractivity contribution in [3.8, 4) is 0 Å². The van der Waals surface area contributed by atoms with Crippen molar-refractivity contribution in [1.29, 1.82) is 0 Å². The fourth-order valence-corrected chi connectivity index (χ4v) is 2.03. The summed E-state index contributed by atoms with van der Waals surface area (Å²) < 4.78 is 5.34. The number of hydrogen-bond acceptors (Lipinski definition) is 3. The second kappa shape index (κ2) is 5.04. The van der Waals surface area contributed by atoms with Gasteiger partial charge >= 0.3 is 6.09 Å². The van der Waals surface area contributed by atoms with Crippen LogP contribution in [-0.4, -0.2) is 40.9 Å². The molecule has 4 heteroatoms. The number of rotatable bonds is 1. The first-order valence-electron chi connectivity index (χ1n) is 5.94. The van der Waals surface area contributed by atoms with E-state index < -0.39 is 5.60 Å². The number of ether oxygens (including phenoxy) is 1. The molecule has 1 aliphatic rings. The summed E-state index contributed by atoms with van der Waals surface area (Å²) in [6.45, 7) is 8.52. The smallest absolute Gasteiger partial charge is 0.410 e. The lowest BCUT2D eigenvalue weighted by Crippen LogP contribution is -2.47. The van der Waals surface area contributed by atoms with Crippen LogP contribution in [0.4, 0.5) is 4.79 Å². The largest absolute Gasteiger partial charge is 0.444 e. The van der Waals surface area contributed by atoms with Gasteiger partial charge in [0.25, 0.3) is 0 Å². The van der Waals surface area contributed by atoms with Crippen molar-refractivity contribution in [3.05, 3.63) is 0 Å². The third-order valence-corrected chi connectivity index (χ3v) is 2.87. The Morgan fingerprint density at radius 1 is 1.50 bits per heavy atom. The van der Waals surface area contributed by atoms with Gasteiger partial charge < -0.3 is 14.7 Å². The van der Waals surface area contributed by atoms with E-state index in [2.05, 4.69) is 0 Å². The van der Waals surface area contributed by atoms with Crippen LogP contribution in [0.5, 0.6) is 0 Å². The molecule has 1 amide bonds. The molecule has 0 aromatic carbocycles. The molecule has 0 aromatic heterocycles. The van der Waals surface area contributed by atoms with Crippen LogP contribution in [0.2, 0.25) is 0 Å². The van der Waals surface area contributed by atoms with Gasteiger partial charge in [-0.05, 0) is 46.5 Å². The highest BCUT2D eigenvalue weighted by molar-refractivity contribution is 5.68. The summed E-state index contributed by atoms with van der Waals surface area (Å²) in [5, 5.41) is 9.09. The van der Waals surface area contributed by atoms with E-state index in [1.165, 1.54) is 0 Å². The first-order valence-corrected chi connectivity index (χ1v) is 5.94. The number of carbonyl (C=O) groups excluding carboxylic acids is 1. The van der Waals surface area contributed by atoms with Crippen molar-refractivity contribution in [3.63, 3.8) is 0 Å². The SMILES string of the molecule is C[C@@H]1C[C@@H](CO)CCN1C(=O)OC(C)(C)C. The van der Waals surface area contributed by atoms with Gasteiger partial charge in [-0.3, -0.25) is 0 Å². The molecule has 0 bridgehead atoms. The molecule has 0 spiro atoms. The summed E-state index contributed by atoms with van der Waals surface area (Å²) in [6, 6.07) is 0.153. The van der Waals surface area contributed by atoms with Crippen LogP contribution in [0.1, 0.15) is 40.5 Å². The van der Waals surface area contributed by atoms with Crippen LogP contribution in [0.15, 0.2) is 0 Å². The second-order valence-electron chi connectivity index (χ2n) is 5.60. The summed E-state index contributed by atoms with van der Waals surface area (Å²) in [4.78, 5) is 13.6. The Bertz CT molecular complexity index is 247. The number of carbonyl (C=O) groups is 1. The zero-order chi connectivity index (χ0) is 12.3. The fraction of sp³-hybridized carbons (Fsp3) is 0.917. The van der Waals surface area contributed by atoms with Crippen molar-refractivity contribution in [2.45, 2.75) is 52.2 Å². The fourth-order valence-electron chi connectivity index (χ4n) is 2.03. The molecule has 16 heavy (non-hydrogen) atoms. The number of nitrogens with zero attached hydrogens (tertiary/aromatic N) is 1. The molecule has 94 valence electrons. The van der Waals surface area contributed by atoms with Crippen molar-refractivity contribution >= 4 is 6.09 Å². The maximum atomic E-state index is 11.9. The minimum Gasteiger partial charge on any atom is -0.444 e. The number of piperidine rings is 1. The third-order valence-electron chi connectivity index (χ3n) is 2.87. The molecule has 0 aliphatic carbocycles. The molecule has 1 heterocycles. The highest BCUT2D eigenvalue weighted by Gasteiger charge is 2.31. The minimum absolute atomic E-state index is 0.153. The van der Waals surface area contributed by atoms with E-state index in [0.717, 1.165) is 12.8 Å². The molecule has 1 fully saturated rings. The molecule has 2 atom stereocenters. The molecule has 1 aliphatic heterocycles. The van der Waals surface area contributed by atoms with Crippen molar-refractivity contribution < 1.29 is 14.6 Å². The molecule has 1 N–H and O–H groups in total. The molecule has 0 aromatic rings. The lowest BCUT2D eigenvalue weighted by molar-refractivity contribution is 0.00358. The highest BCUT2D eigenvalue weighted by atomic mass is 16.6. The highest BCUT2D eigenvalue weighted by Crippen LogP contribution is 2.24. The van der Waals surface area contributed by atoms with Gasteiger partial charge in [-0.1, -0.05) is 0 Å². The van der Waals surface area contributed by atoms with Crippen LogP contribution in [0.25, 0.3) is 0 Å². The molecule has 1 rings (SSSR count). The zero-order valence-electron chi connectivity index (χ0n) is 10.7. The summed E-state index contributed by atoms with van der Waals surface area (Å²) in [7, 11) is 0. The number of aliphatic hydroxyl groups is 1. The van der Waals surface area contributed by atoms with Crippen molar-refractivity contribution in [1.82, 2.24) is 4.90 Å². The summed E-state index contributed by atoms with van der Waals surface area (Å²) in [5.41, 5.74) is -0.440. The van der Waals surface area contributed by atoms with Gasteiger partial charge in [-0.2, -0.15) is 0 Å². The van der Waals surface area contributed by atoms with E-state index in [1.54, 1.807) is 4.90 Å². The number of aliphatic hydroxyl groups excluding tert-OH is 1. The normalized spacial score (nSPS) is 26.7. The Labute approximate surface area is 97.6 Å². The van der Waals surface area contributed by atoms with Crippen LogP contribution in [0.3, 0.4) is 0 Å². The van der Waals surface area contributed by atoms with Gasteiger partial charge in [0, 0.05) is 19.2 Å². The van der Waals surface area contributed by atoms with E-state index >= 15 is 0 Å². The van der Waals surface area contributed by atoms with Gasteiger partial charge in [-0.15, -0.1) is 0 Å². The van der Waals surface area contributed by atoms with Crippen LogP contribution >= 0.6 is 0 Å². The first-order chi connectivity index (χ1) is 7.33. The zero-order valence-corrected chi connectivity index (χ0v) is 10.7. The van der Waals surface area contributed by atoms with E-state index in [-0.39, 0.29) is 18.7 Å². The predicted molar refractivity (Wildman–Crippen MR) is 62.2 cm³/mol. The molecule has 1 saturated heterocycles. The first kappa shape index (κ1) is 13.3. The number of likely N-dealkylation sites (tertiary alicyclic amines) is 1. The minimum atomic E-state index is -0.440. The van der Waals surface area contributed by atoms with Crippen LogP contribution in [0, 0.1) is 5.92 Å². The topological polar surface area (TPSA) is 49.8 Å². The van der Waals surface area contributed by atoms with Gasteiger partial charge in [0.2, 0.25) is 0 Å². The summed E-state index contributed by atoms with van der Waals surface area (Å²) in [5.74, 6) is 0.327. The Hall–Kier alpha value is -0.770. The Balaban J connectivity index is 2.52. The van der Waals surface area contributed by atoms with Crippen molar-refractivity contribution in [2.24, 2.45) is 5.92 Å².